The predicted molar refractivity (Wildman–Crippen MR) is 134 cm³/mol. The SMILES string of the molecule is CCC1CN(C(=O)Nc2ccccc2)c2ccc(-c3ccc(OCC[C@@H](C)C(=O)O)nc3)cc2O1. The van der Waals surface area contributed by atoms with Crippen LogP contribution in [0.4, 0.5) is 16.2 Å². The molecule has 0 spiro atoms. The monoisotopic (exact) mass is 475 g/mol. The highest BCUT2D eigenvalue weighted by atomic mass is 16.5. The number of carbonyl (C=O) groups excluding carboxylic acids is 1. The lowest BCUT2D eigenvalue weighted by Crippen LogP contribution is -2.45. The molecular formula is C27H29N3O5. The van der Waals surface area contributed by atoms with Gasteiger partial charge < -0.3 is 19.9 Å². The van der Waals surface area contributed by atoms with Gasteiger partial charge in [0.25, 0.3) is 0 Å². The van der Waals surface area contributed by atoms with E-state index in [4.69, 9.17) is 14.6 Å². The molecule has 1 unspecified atom stereocenters. The van der Waals surface area contributed by atoms with Crippen LogP contribution in [0.15, 0.2) is 66.9 Å². The molecule has 3 aromatic rings. The van der Waals surface area contributed by atoms with Crippen molar-refractivity contribution < 1.29 is 24.2 Å². The Bertz CT molecular complexity index is 1170. The van der Waals surface area contributed by atoms with E-state index in [0.29, 0.717) is 30.3 Å². The smallest absolute Gasteiger partial charge is 0.326 e. The Kier molecular flexibility index (Phi) is 7.50. The summed E-state index contributed by atoms with van der Waals surface area (Å²) in [7, 11) is 0. The second-order valence-corrected chi connectivity index (χ2v) is 8.50. The van der Waals surface area contributed by atoms with Crippen LogP contribution in [0.1, 0.15) is 26.7 Å². The van der Waals surface area contributed by atoms with Gasteiger partial charge in [-0.3, -0.25) is 9.69 Å². The first-order valence-electron chi connectivity index (χ1n) is 11.7. The van der Waals surface area contributed by atoms with Crippen molar-refractivity contribution in [1.29, 1.82) is 0 Å². The summed E-state index contributed by atoms with van der Waals surface area (Å²) in [5.74, 6) is -0.221. The zero-order chi connectivity index (χ0) is 24.8. The minimum absolute atomic E-state index is 0.110. The van der Waals surface area contributed by atoms with Crippen LogP contribution in [-0.2, 0) is 4.79 Å². The molecule has 0 aliphatic carbocycles. The summed E-state index contributed by atoms with van der Waals surface area (Å²) in [5, 5.41) is 11.9. The molecular weight excluding hydrogens is 446 g/mol. The van der Waals surface area contributed by atoms with E-state index in [2.05, 4.69) is 10.3 Å². The summed E-state index contributed by atoms with van der Waals surface area (Å²) < 4.78 is 11.8. The summed E-state index contributed by atoms with van der Waals surface area (Å²) in [5.41, 5.74) is 3.23. The largest absolute Gasteiger partial charge is 0.486 e. The minimum Gasteiger partial charge on any atom is -0.486 e. The summed E-state index contributed by atoms with van der Waals surface area (Å²) in [6.07, 6.45) is 2.78. The zero-order valence-electron chi connectivity index (χ0n) is 19.8. The van der Waals surface area contributed by atoms with E-state index in [9.17, 15) is 9.59 Å². The Morgan fingerprint density at radius 1 is 1.17 bits per heavy atom. The van der Waals surface area contributed by atoms with Crippen molar-refractivity contribution in [2.75, 3.05) is 23.4 Å². The number of rotatable bonds is 8. The van der Waals surface area contributed by atoms with Crippen LogP contribution in [0.5, 0.6) is 11.6 Å². The number of ether oxygens (including phenoxy) is 2. The highest BCUT2D eigenvalue weighted by Gasteiger charge is 2.29. The molecule has 1 aliphatic rings. The van der Waals surface area contributed by atoms with Gasteiger partial charge in [0, 0.05) is 23.5 Å². The van der Waals surface area contributed by atoms with E-state index in [-0.39, 0.29) is 18.7 Å². The summed E-state index contributed by atoms with van der Waals surface area (Å²) in [6.45, 7) is 4.43. The van der Waals surface area contributed by atoms with Crippen LogP contribution >= 0.6 is 0 Å². The first-order valence-corrected chi connectivity index (χ1v) is 11.7. The number of hydrogen-bond acceptors (Lipinski definition) is 5. The van der Waals surface area contributed by atoms with Crippen LogP contribution in [0, 0.1) is 5.92 Å². The fourth-order valence-electron chi connectivity index (χ4n) is 3.75. The third-order valence-corrected chi connectivity index (χ3v) is 5.95. The third-order valence-electron chi connectivity index (χ3n) is 5.95. The number of hydrogen-bond donors (Lipinski definition) is 2. The normalized spacial score (nSPS) is 15.5. The Morgan fingerprint density at radius 2 is 1.94 bits per heavy atom. The van der Waals surface area contributed by atoms with Gasteiger partial charge in [0.05, 0.1) is 24.8 Å². The van der Waals surface area contributed by atoms with Crippen molar-refractivity contribution >= 4 is 23.4 Å². The summed E-state index contributed by atoms with van der Waals surface area (Å²) >= 11 is 0. The number of benzene rings is 2. The first-order chi connectivity index (χ1) is 16.9. The maximum atomic E-state index is 13.1. The van der Waals surface area contributed by atoms with Gasteiger partial charge in [-0.15, -0.1) is 0 Å². The van der Waals surface area contributed by atoms with Crippen molar-refractivity contribution in [2.24, 2.45) is 5.92 Å². The number of fused-ring (bicyclic) bond motifs is 1. The van der Waals surface area contributed by atoms with Gasteiger partial charge in [-0.25, -0.2) is 9.78 Å². The molecule has 2 aromatic carbocycles. The number of aromatic nitrogens is 1. The molecule has 1 aromatic heterocycles. The average Bonchev–Trinajstić information content (AvgIpc) is 2.88. The first kappa shape index (κ1) is 24.1. The van der Waals surface area contributed by atoms with Gasteiger partial charge in [-0.2, -0.15) is 0 Å². The predicted octanol–water partition coefficient (Wildman–Crippen LogP) is 5.45. The highest BCUT2D eigenvalue weighted by Crippen LogP contribution is 2.38. The second-order valence-electron chi connectivity index (χ2n) is 8.50. The molecule has 0 bridgehead atoms. The number of urea groups is 1. The number of para-hydroxylation sites is 1. The minimum atomic E-state index is -0.840. The lowest BCUT2D eigenvalue weighted by Gasteiger charge is -2.34. The van der Waals surface area contributed by atoms with E-state index < -0.39 is 11.9 Å². The molecule has 2 heterocycles. The third kappa shape index (κ3) is 5.90. The standard InChI is InChI=1S/C27H29N3O5/c1-3-22-17-30(27(33)29-21-7-5-4-6-8-21)23-11-9-19(15-24(23)35-22)20-10-12-25(28-16-20)34-14-13-18(2)26(31)32/h4-12,15-16,18,22H,3,13-14,17H2,1-2H3,(H,29,33)(H,31,32)/t18-,22?/m1/s1. The Labute approximate surface area is 204 Å². The van der Waals surface area contributed by atoms with Crippen molar-refractivity contribution in [3.63, 3.8) is 0 Å². The molecule has 35 heavy (non-hydrogen) atoms. The highest BCUT2D eigenvalue weighted by molar-refractivity contribution is 6.03. The number of carbonyl (C=O) groups is 2. The molecule has 2 atom stereocenters. The molecule has 8 heteroatoms. The molecule has 4 rings (SSSR count). The average molecular weight is 476 g/mol. The van der Waals surface area contributed by atoms with Crippen LogP contribution in [0.25, 0.3) is 11.1 Å². The fraction of sp³-hybridized carbons (Fsp3) is 0.296. The van der Waals surface area contributed by atoms with Gasteiger partial charge in [-0.1, -0.05) is 38.1 Å². The van der Waals surface area contributed by atoms with Crippen LogP contribution in [0.3, 0.4) is 0 Å². The molecule has 0 saturated carbocycles. The fourth-order valence-corrected chi connectivity index (χ4v) is 3.75. The lowest BCUT2D eigenvalue weighted by atomic mass is 10.0. The number of nitrogens with zero attached hydrogens (tertiary/aromatic N) is 2. The number of carboxylic acids is 1. The molecule has 8 nitrogen and oxygen atoms in total. The van der Waals surface area contributed by atoms with E-state index in [1.807, 2.05) is 61.5 Å². The number of amides is 2. The van der Waals surface area contributed by atoms with Crippen LogP contribution in [0.2, 0.25) is 0 Å². The van der Waals surface area contributed by atoms with Crippen LogP contribution in [-0.4, -0.2) is 41.3 Å². The molecule has 2 amide bonds. The van der Waals surface area contributed by atoms with Crippen molar-refractivity contribution in [1.82, 2.24) is 4.98 Å². The molecule has 2 N–H and O–H groups in total. The van der Waals surface area contributed by atoms with Gasteiger partial charge in [0.1, 0.15) is 11.9 Å². The lowest BCUT2D eigenvalue weighted by molar-refractivity contribution is -0.141. The molecule has 0 saturated heterocycles. The molecule has 0 fully saturated rings. The molecule has 182 valence electrons. The number of carboxylic acid groups (broad SMARTS) is 1. The van der Waals surface area contributed by atoms with Crippen molar-refractivity contribution in [2.45, 2.75) is 32.8 Å². The zero-order valence-corrected chi connectivity index (χ0v) is 19.8. The van der Waals surface area contributed by atoms with Gasteiger partial charge in [0.2, 0.25) is 5.88 Å². The van der Waals surface area contributed by atoms with E-state index in [1.54, 1.807) is 24.1 Å². The summed E-state index contributed by atoms with van der Waals surface area (Å²) in [4.78, 5) is 30.0. The van der Waals surface area contributed by atoms with E-state index in [1.165, 1.54) is 0 Å². The second kappa shape index (κ2) is 10.9. The molecule has 0 radical (unpaired) electrons. The van der Waals surface area contributed by atoms with Gasteiger partial charge in [-0.05, 0) is 48.7 Å². The number of anilines is 2. The van der Waals surface area contributed by atoms with Crippen molar-refractivity contribution in [3.8, 4) is 22.8 Å². The number of pyridine rings is 1. The molecule has 1 aliphatic heterocycles. The number of aliphatic carboxylic acids is 1. The van der Waals surface area contributed by atoms with Gasteiger partial charge >= 0.3 is 12.0 Å². The topological polar surface area (TPSA) is 101 Å². The summed E-state index contributed by atoms with van der Waals surface area (Å²) in [6, 6.07) is 18.6. The maximum absolute atomic E-state index is 13.1. The van der Waals surface area contributed by atoms with Crippen molar-refractivity contribution in [3.05, 3.63) is 66.9 Å². The Balaban J connectivity index is 1.49. The van der Waals surface area contributed by atoms with Gasteiger partial charge in [0.15, 0.2) is 0 Å². The Morgan fingerprint density at radius 3 is 2.63 bits per heavy atom. The van der Waals surface area contributed by atoms with E-state index in [0.717, 1.165) is 23.2 Å². The quantitative estimate of drug-likeness (QED) is 0.449. The van der Waals surface area contributed by atoms with Crippen LogP contribution < -0.4 is 19.7 Å². The number of nitrogens with one attached hydrogen (secondary N) is 1. The maximum Gasteiger partial charge on any atom is 0.326 e. The van der Waals surface area contributed by atoms with E-state index >= 15 is 0 Å². The Hall–Kier alpha value is -4.07.